The Morgan fingerprint density at radius 1 is 1.44 bits per heavy atom. The third kappa shape index (κ3) is 2.45. The van der Waals surface area contributed by atoms with Gasteiger partial charge in [-0.05, 0) is 31.7 Å². The number of aryl methyl sites for hydroxylation is 1. The zero-order valence-corrected chi connectivity index (χ0v) is 11.3. The van der Waals surface area contributed by atoms with E-state index in [1.807, 2.05) is 12.5 Å². The van der Waals surface area contributed by atoms with E-state index in [4.69, 9.17) is 0 Å². The molecule has 3 rings (SSSR count). The highest BCUT2D eigenvalue weighted by Gasteiger charge is 2.34. The molecule has 2 aliphatic rings. The number of hydrogen-bond donors (Lipinski definition) is 1. The third-order valence-corrected chi connectivity index (χ3v) is 4.32. The van der Waals surface area contributed by atoms with Gasteiger partial charge in [0.2, 0.25) is 0 Å². The second kappa shape index (κ2) is 5.41. The van der Waals surface area contributed by atoms with Crippen LogP contribution in [0.4, 0.5) is 0 Å². The second-order valence-electron chi connectivity index (χ2n) is 5.74. The first kappa shape index (κ1) is 12.2. The van der Waals surface area contributed by atoms with Gasteiger partial charge < -0.3 is 9.88 Å². The summed E-state index contributed by atoms with van der Waals surface area (Å²) in [7, 11) is 0. The van der Waals surface area contributed by atoms with Crippen LogP contribution in [0.5, 0.6) is 0 Å². The molecule has 2 atom stereocenters. The molecule has 0 aliphatic carbocycles. The SMILES string of the molecule is CCCn1cncc1CN1C[C@@H]2CCCN[C@@H]2C1. The molecule has 18 heavy (non-hydrogen) atoms. The topological polar surface area (TPSA) is 33.1 Å². The van der Waals surface area contributed by atoms with Gasteiger partial charge in [-0.1, -0.05) is 6.92 Å². The summed E-state index contributed by atoms with van der Waals surface area (Å²) >= 11 is 0. The third-order valence-electron chi connectivity index (χ3n) is 4.32. The van der Waals surface area contributed by atoms with Gasteiger partial charge in [0.1, 0.15) is 0 Å². The number of aromatic nitrogens is 2. The van der Waals surface area contributed by atoms with Crippen LogP contribution in [0.3, 0.4) is 0 Å². The maximum Gasteiger partial charge on any atom is 0.0948 e. The van der Waals surface area contributed by atoms with Gasteiger partial charge in [-0.25, -0.2) is 4.98 Å². The van der Waals surface area contributed by atoms with Crippen molar-refractivity contribution in [3.63, 3.8) is 0 Å². The molecule has 1 aromatic heterocycles. The molecule has 0 radical (unpaired) electrons. The Morgan fingerprint density at radius 2 is 2.39 bits per heavy atom. The fourth-order valence-corrected chi connectivity index (χ4v) is 3.42. The number of piperidine rings is 1. The summed E-state index contributed by atoms with van der Waals surface area (Å²) in [5.74, 6) is 0.876. The Labute approximate surface area is 109 Å². The molecule has 0 saturated carbocycles. The van der Waals surface area contributed by atoms with Gasteiger partial charge in [-0.15, -0.1) is 0 Å². The first-order chi connectivity index (χ1) is 8.86. The van der Waals surface area contributed by atoms with E-state index >= 15 is 0 Å². The van der Waals surface area contributed by atoms with Crippen LogP contribution >= 0.6 is 0 Å². The van der Waals surface area contributed by atoms with E-state index in [0.29, 0.717) is 0 Å². The van der Waals surface area contributed by atoms with Crippen molar-refractivity contribution >= 4 is 0 Å². The maximum atomic E-state index is 4.29. The summed E-state index contributed by atoms with van der Waals surface area (Å²) in [6, 6.07) is 0.737. The van der Waals surface area contributed by atoms with E-state index in [1.165, 1.54) is 44.6 Å². The first-order valence-electron chi connectivity index (χ1n) is 7.31. The van der Waals surface area contributed by atoms with E-state index < -0.39 is 0 Å². The van der Waals surface area contributed by atoms with Crippen molar-refractivity contribution in [2.45, 2.75) is 45.3 Å². The Balaban J connectivity index is 1.61. The van der Waals surface area contributed by atoms with E-state index in [9.17, 15) is 0 Å². The van der Waals surface area contributed by atoms with Gasteiger partial charge in [0.05, 0.1) is 12.0 Å². The number of likely N-dealkylation sites (tertiary alicyclic amines) is 1. The molecule has 1 aromatic rings. The largest absolute Gasteiger partial charge is 0.333 e. The van der Waals surface area contributed by atoms with Gasteiger partial charge in [0, 0.05) is 38.4 Å². The molecule has 2 saturated heterocycles. The molecule has 0 bridgehead atoms. The maximum absolute atomic E-state index is 4.29. The van der Waals surface area contributed by atoms with E-state index in [2.05, 4.69) is 26.7 Å². The lowest BCUT2D eigenvalue weighted by Gasteiger charge is -2.24. The molecular weight excluding hydrogens is 224 g/mol. The van der Waals surface area contributed by atoms with Crippen LogP contribution in [0.25, 0.3) is 0 Å². The highest BCUT2D eigenvalue weighted by atomic mass is 15.2. The quantitative estimate of drug-likeness (QED) is 0.876. The summed E-state index contributed by atoms with van der Waals surface area (Å²) in [4.78, 5) is 6.89. The molecular formula is C14H24N4. The zero-order valence-electron chi connectivity index (χ0n) is 11.3. The van der Waals surface area contributed by atoms with Gasteiger partial charge in [-0.2, -0.15) is 0 Å². The van der Waals surface area contributed by atoms with Crippen LogP contribution in [0.15, 0.2) is 12.5 Å². The molecule has 2 fully saturated rings. The second-order valence-corrected chi connectivity index (χ2v) is 5.74. The first-order valence-corrected chi connectivity index (χ1v) is 7.31. The van der Waals surface area contributed by atoms with Crippen molar-refractivity contribution in [1.82, 2.24) is 19.8 Å². The molecule has 2 aliphatic heterocycles. The fraction of sp³-hybridized carbons (Fsp3) is 0.786. The summed E-state index contributed by atoms with van der Waals surface area (Å²) in [6.07, 6.45) is 7.94. The van der Waals surface area contributed by atoms with Crippen molar-refractivity contribution in [3.8, 4) is 0 Å². The zero-order chi connectivity index (χ0) is 12.4. The van der Waals surface area contributed by atoms with Crippen LogP contribution in [-0.4, -0.2) is 40.1 Å². The number of fused-ring (bicyclic) bond motifs is 1. The molecule has 4 heteroatoms. The van der Waals surface area contributed by atoms with Crippen LogP contribution < -0.4 is 5.32 Å². The minimum atomic E-state index is 0.737. The van der Waals surface area contributed by atoms with Gasteiger partial charge in [0.25, 0.3) is 0 Å². The molecule has 0 amide bonds. The highest BCUT2D eigenvalue weighted by Crippen LogP contribution is 2.25. The highest BCUT2D eigenvalue weighted by molar-refractivity contribution is 5.01. The Morgan fingerprint density at radius 3 is 3.22 bits per heavy atom. The Bertz CT molecular complexity index is 373. The smallest absolute Gasteiger partial charge is 0.0948 e. The molecule has 100 valence electrons. The number of hydrogen-bond acceptors (Lipinski definition) is 3. The number of nitrogens with one attached hydrogen (secondary N) is 1. The Hall–Kier alpha value is -0.870. The lowest BCUT2D eigenvalue weighted by atomic mass is 9.94. The van der Waals surface area contributed by atoms with Crippen molar-refractivity contribution in [1.29, 1.82) is 0 Å². The average molecular weight is 248 g/mol. The Kier molecular flexibility index (Phi) is 3.66. The van der Waals surface area contributed by atoms with Gasteiger partial charge in [-0.3, -0.25) is 4.90 Å². The molecule has 4 nitrogen and oxygen atoms in total. The van der Waals surface area contributed by atoms with Crippen LogP contribution in [0.2, 0.25) is 0 Å². The summed E-state index contributed by atoms with van der Waals surface area (Å²) in [5, 5.41) is 3.67. The fourth-order valence-electron chi connectivity index (χ4n) is 3.42. The van der Waals surface area contributed by atoms with Crippen LogP contribution in [0, 0.1) is 5.92 Å². The number of imidazole rings is 1. The van der Waals surface area contributed by atoms with E-state index in [-0.39, 0.29) is 0 Å². The monoisotopic (exact) mass is 248 g/mol. The minimum Gasteiger partial charge on any atom is -0.333 e. The van der Waals surface area contributed by atoms with Gasteiger partial charge in [0.15, 0.2) is 0 Å². The summed E-state index contributed by atoms with van der Waals surface area (Å²) in [5.41, 5.74) is 1.37. The molecule has 3 heterocycles. The predicted octanol–water partition coefficient (Wildman–Crippen LogP) is 1.48. The summed E-state index contributed by atoms with van der Waals surface area (Å²) in [6.45, 7) is 8.06. The predicted molar refractivity (Wildman–Crippen MR) is 72.3 cm³/mol. The van der Waals surface area contributed by atoms with Crippen molar-refractivity contribution in [3.05, 3.63) is 18.2 Å². The molecule has 1 N–H and O–H groups in total. The van der Waals surface area contributed by atoms with E-state index in [1.54, 1.807) is 0 Å². The summed E-state index contributed by atoms with van der Waals surface area (Å²) < 4.78 is 2.30. The van der Waals surface area contributed by atoms with Crippen LogP contribution in [0.1, 0.15) is 31.9 Å². The molecule has 0 aromatic carbocycles. The molecule has 0 unspecified atom stereocenters. The van der Waals surface area contributed by atoms with Gasteiger partial charge >= 0.3 is 0 Å². The van der Waals surface area contributed by atoms with E-state index in [0.717, 1.165) is 25.0 Å². The average Bonchev–Trinajstić information content (AvgIpc) is 2.97. The normalized spacial score (nSPS) is 28.5. The standard InChI is InChI=1S/C14H24N4/c1-2-6-18-11-15-7-13(18)9-17-8-12-4-3-5-16-14(12)10-17/h7,11-12,14,16H,2-6,8-10H2,1H3/t12-,14+/m0/s1. The minimum absolute atomic E-state index is 0.737. The van der Waals surface area contributed by atoms with Crippen LogP contribution in [-0.2, 0) is 13.1 Å². The number of nitrogens with zero attached hydrogens (tertiary/aromatic N) is 3. The number of rotatable bonds is 4. The molecule has 0 spiro atoms. The van der Waals surface area contributed by atoms with Crippen molar-refractivity contribution in [2.75, 3.05) is 19.6 Å². The van der Waals surface area contributed by atoms with Crippen molar-refractivity contribution < 1.29 is 0 Å². The van der Waals surface area contributed by atoms with Crippen molar-refractivity contribution in [2.24, 2.45) is 5.92 Å². The lowest BCUT2D eigenvalue weighted by molar-refractivity contribution is 0.304. The lowest BCUT2D eigenvalue weighted by Crippen LogP contribution is -2.40.